The second-order valence-electron chi connectivity index (χ2n) is 5.14. The monoisotopic (exact) mass is 292 g/mol. The average Bonchev–Trinajstić information content (AvgIpc) is 2.89. The number of rotatable bonds is 3. The first-order chi connectivity index (χ1) is 10.7. The van der Waals surface area contributed by atoms with Gasteiger partial charge >= 0.3 is 5.97 Å². The summed E-state index contributed by atoms with van der Waals surface area (Å²) in [6.07, 6.45) is 3.57. The Bertz CT molecular complexity index is 768. The molecule has 0 saturated heterocycles. The third-order valence-corrected chi connectivity index (χ3v) is 3.48. The van der Waals surface area contributed by atoms with Gasteiger partial charge in [0.05, 0.1) is 12.7 Å². The number of carbonyl (C=O) groups is 1. The predicted octanol–water partition coefficient (Wildman–Crippen LogP) is 3.98. The van der Waals surface area contributed by atoms with E-state index in [0.29, 0.717) is 11.3 Å². The summed E-state index contributed by atoms with van der Waals surface area (Å²) in [4.78, 5) is 12.0. The molecule has 0 aromatic heterocycles. The predicted molar refractivity (Wildman–Crippen MR) is 86.2 cm³/mol. The summed E-state index contributed by atoms with van der Waals surface area (Å²) in [6, 6.07) is 15.4. The first kappa shape index (κ1) is 14.1. The van der Waals surface area contributed by atoms with Crippen LogP contribution in [0.4, 0.5) is 0 Å². The van der Waals surface area contributed by atoms with Crippen LogP contribution in [-0.4, -0.2) is 13.1 Å². The van der Waals surface area contributed by atoms with E-state index in [-0.39, 0.29) is 5.97 Å². The molecule has 110 valence electrons. The number of aryl methyl sites for hydroxylation is 1. The van der Waals surface area contributed by atoms with Gasteiger partial charge in [0.1, 0.15) is 11.5 Å². The van der Waals surface area contributed by atoms with Crippen LogP contribution in [0.3, 0.4) is 0 Å². The van der Waals surface area contributed by atoms with Gasteiger partial charge in [-0.15, -0.1) is 0 Å². The van der Waals surface area contributed by atoms with Crippen molar-refractivity contribution < 1.29 is 14.3 Å². The Labute approximate surface area is 129 Å². The Morgan fingerprint density at radius 3 is 2.59 bits per heavy atom. The van der Waals surface area contributed by atoms with E-state index in [1.807, 2.05) is 55.5 Å². The van der Waals surface area contributed by atoms with Gasteiger partial charge in [-0.2, -0.15) is 0 Å². The molecule has 0 radical (unpaired) electrons. The summed E-state index contributed by atoms with van der Waals surface area (Å²) in [5, 5.41) is 0. The number of esters is 1. The van der Waals surface area contributed by atoms with Crippen LogP contribution in [0, 0.1) is 6.92 Å². The van der Waals surface area contributed by atoms with Crippen molar-refractivity contribution in [2.75, 3.05) is 7.11 Å². The molecule has 1 aliphatic rings. The standard InChI is InChI=1S/C19H16O3/c1-13-6-8-15(9-7-13)18-12-16(19(20)22-18)10-14-4-3-5-17(11-14)21-2/h3-12H,1-2H3/b16-10-. The Balaban J connectivity index is 1.92. The van der Waals surface area contributed by atoms with Crippen LogP contribution in [0.2, 0.25) is 0 Å². The quantitative estimate of drug-likeness (QED) is 0.634. The number of ether oxygens (including phenoxy) is 2. The van der Waals surface area contributed by atoms with Gasteiger partial charge in [0, 0.05) is 5.56 Å². The van der Waals surface area contributed by atoms with Crippen molar-refractivity contribution in [3.63, 3.8) is 0 Å². The number of carbonyl (C=O) groups excluding carboxylic acids is 1. The molecule has 1 aliphatic heterocycles. The molecule has 22 heavy (non-hydrogen) atoms. The number of methoxy groups -OCH3 is 1. The summed E-state index contributed by atoms with van der Waals surface area (Å²) < 4.78 is 10.5. The van der Waals surface area contributed by atoms with Crippen molar-refractivity contribution in [1.29, 1.82) is 0 Å². The minimum absolute atomic E-state index is 0.335. The van der Waals surface area contributed by atoms with Crippen LogP contribution < -0.4 is 4.74 Å². The molecule has 0 amide bonds. The fourth-order valence-electron chi connectivity index (χ4n) is 2.26. The molecule has 2 aromatic carbocycles. The SMILES string of the molecule is COc1cccc(/C=C2/C=C(c3ccc(C)cc3)OC2=O)c1. The molecule has 0 unspecified atom stereocenters. The zero-order valence-electron chi connectivity index (χ0n) is 12.5. The van der Waals surface area contributed by atoms with Gasteiger partial charge in [-0.3, -0.25) is 0 Å². The zero-order valence-corrected chi connectivity index (χ0v) is 12.5. The zero-order chi connectivity index (χ0) is 15.5. The molecule has 3 heteroatoms. The first-order valence-electron chi connectivity index (χ1n) is 7.02. The summed E-state index contributed by atoms with van der Waals surface area (Å²) in [6.45, 7) is 2.02. The van der Waals surface area contributed by atoms with Gasteiger partial charge in [-0.05, 0) is 36.8 Å². The molecule has 0 bridgehead atoms. The molecular weight excluding hydrogens is 276 g/mol. The first-order valence-corrected chi connectivity index (χ1v) is 7.02. The van der Waals surface area contributed by atoms with Gasteiger partial charge in [-0.1, -0.05) is 42.0 Å². The number of hydrogen-bond acceptors (Lipinski definition) is 3. The molecule has 0 atom stereocenters. The fourth-order valence-corrected chi connectivity index (χ4v) is 2.26. The van der Waals surface area contributed by atoms with Gasteiger partial charge in [0.15, 0.2) is 0 Å². The Kier molecular flexibility index (Phi) is 3.79. The highest BCUT2D eigenvalue weighted by Crippen LogP contribution is 2.28. The lowest BCUT2D eigenvalue weighted by molar-refractivity contribution is -0.130. The Hall–Kier alpha value is -2.81. The smallest absolute Gasteiger partial charge is 0.343 e. The summed E-state index contributed by atoms with van der Waals surface area (Å²) >= 11 is 0. The number of cyclic esters (lactones) is 1. The lowest BCUT2D eigenvalue weighted by Gasteiger charge is -2.01. The van der Waals surface area contributed by atoms with E-state index in [4.69, 9.17) is 9.47 Å². The van der Waals surface area contributed by atoms with Crippen molar-refractivity contribution in [3.8, 4) is 5.75 Å². The number of benzene rings is 2. The maximum atomic E-state index is 12.0. The Morgan fingerprint density at radius 2 is 1.86 bits per heavy atom. The van der Waals surface area contributed by atoms with Crippen LogP contribution in [0.1, 0.15) is 16.7 Å². The molecule has 0 aliphatic carbocycles. The topological polar surface area (TPSA) is 35.5 Å². The minimum Gasteiger partial charge on any atom is -0.497 e. The van der Waals surface area contributed by atoms with Crippen LogP contribution in [0.25, 0.3) is 11.8 Å². The van der Waals surface area contributed by atoms with Crippen LogP contribution in [-0.2, 0) is 9.53 Å². The van der Waals surface area contributed by atoms with Crippen LogP contribution in [0.5, 0.6) is 5.75 Å². The van der Waals surface area contributed by atoms with Gasteiger partial charge in [0.2, 0.25) is 0 Å². The molecule has 3 nitrogen and oxygen atoms in total. The summed E-state index contributed by atoms with van der Waals surface area (Å²) in [7, 11) is 1.62. The largest absolute Gasteiger partial charge is 0.497 e. The molecule has 0 fully saturated rings. The van der Waals surface area contributed by atoms with E-state index < -0.39 is 0 Å². The average molecular weight is 292 g/mol. The van der Waals surface area contributed by atoms with E-state index in [9.17, 15) is 4.79 Å². The maximum absolute atomic E-state index is 12.0. The third-order valence-electron chi connectivity index (χ3n) is 3.48. The van der Waals surface area contributed by atoms with E-state index in [0.717, 1.165) is 16.9 Å². The lowest BCUT2D eigenvalue weighted by Crippen LogP contribution is -1.97. The third kappa shape index (κ3) is 2.93. The van der Waals surface area contributed by atoms with Crippen molar-refractivity contribution >= 4 is 17.8 Å². The van der Waals surface area contributed by atoms with Crippen molar-refractivity contribution in [2.45, 2.75) is 6.92 Å². The molecular formula is C19H16O3. The van der Waals surface area contributed by atoms with E-state index >= 15 is 0 Å². The van der Waals surface area contributed by atoms with Crippen molar-refractivity contribution in [3.05, 3.63) is 76.9 Å². The van der Waals surface area contributed by atoms with Gasteiger partial charge in [0.25, 0.3) is 0 Å². The highest BCUT2D eigenvalue weighted by molar-refractivity contribution is 6.05. The Morgan fingerprint density at radius 1 is 1.09 bits per heavy atom. The normalized spacial score (nSPS) is 15.6. The molecule has 0 saturated carbocycles. The van der Waals surface area contributed by atoms with Crippen LogP contribution >= 0.6 is 0 Å². The van der Waals surface area contributed by atoms with Crippen molar-refractivity contribution in [1.82, 2.24) is 0 Å². The van der Waals surface area contributed by atoms with Gasteiger partial charge < -0.3 is 9.47 Å². The highest BCUT2D eigenvalue weighted by atomic mass is 16.5. The summed E-state index contributed by atoms with van der Waals surface area (Å²) in [5.74, 6) is 1.00. The van der Waals surface area contributed by atoms with Crippen LogP contribution in [0.15, 0.2) is 60.2 Å². The molecule has 0 spiro atoms. The summed E-state index contributed by atoms with van der Waals surface area (Å²) in [5.41, 5.74) is 3.49. The van der Waals surface area contributed by atoms with E-state index in [1.165, 1.54) is 5.56 Å². The van der Waals surface area contributed by atoms with Gasteiger partial charge in [-0.25, -0.2) is 4.79 Å². The van der Waals surface area contributed by atoms with E-state index in [1.54, 1.807) is 19.3 Å². The lowest BCUT2D eigenvalue weighted by atomic mass is 10.1. The molecule has 3 rings (SSSR count). The highest BCUT2D eigenvalue weighted by Gasteiger charge is 2.21. The van der Waals surface area contributed by atoms with Crippen molar-refractivity contribution in [2.24, 2.45) is 0 Å². The molecule has 0 N–H and O–H groups in total. The maximum Gasteiger partial charge on any atom is 0.343 e. The minimum atomic E-state index is -0.335. The molecule has 2 aromatic rings. The second kappa shape index (κ2) is 5.90. The van der Waals surface area contributed by atoms with E-state index in [2.05, 4.69) is 0 Å². The molecule has 1 heterocycles. The second-order valence-corrected chi connectivity index (χ2v) is 5.14. The number of hydrogen-bond donors (Lipinski definition) is 0. The fraction of sp³-hybridized carbons (Fsp3) is 0.105.